The topological polar surface area (TPSA) is 71.7 Å². The van der Waals surface area contributed by atoms with Crippen molar-refractivity contribution in [3.05, 3.63) is 240 Å². The lowest BCUT2D eigenvalue weighted by molar-refractivity contribution is 0.564. The molecule has 14 aromatic rings. The Kier molecular flexibility index (Phi) is 11.7. The molecule has 0 saturated heterocycles. The number of furan rings is 3. The summed E-state index contributed by atoms with van der Waals surface area (Å²) in [6, 6.07) is 70.1. The van der Waals surface area contributed by atoms with Gasteiger partial charge >= 0.3 is 0 Å². The molecular weight excluding hydrogens is 1030 g/mol. The lowest BCUT2D eigenvalue weighted by atomic mass is 9.77. The first-order valence-corrected chi connectivity index (χ1v) is 29.4. The zero-order chi connectivity index (χ0) is 57.3. The molecule has 410 valence electrons. The Morgan fingerprint density at radius 2 is 0.952 bits per heavy atom. The van der Waals surface area contributed by atoms with Crippen LogP contribution >= 0.6 is 0 Å². The molecule has 1 aliphatic carbocycles. The molecule has 1 unspecified atom stereocenters. The molecule has 0 radical (unpaired) electrons. The van der Waals surface area contributed by atoms with Crippen molar-refractivity contribution in [2.24, 2.45) is 0 Å². The van der Waals surface area contributed by atoms with Gasteiger partial charge in [-0.1, -0.05) is 170 Å². The standard InChI is InChI=1S/C77H64N4O3/c1-10-77(9)63-41-52(80(50-33-29-48(30-34-50)45(2)3)74-61(39-46(4)43-78-74)57-24-17-22-55-53-19-11-14-26-66(53)82-71(55)57)37-38-59(63)69-64(77)42-65(70-60-21-13-16-28-68(60)84-73(69)70)81(51-35-31-49(32-36-51)76(6,7)8)75-62(40-47(5)44-79-75)58-25-18-23-56-54-20-12-15-27-67(54)83-72(56)58/h11-45H,10H2,1-9H3. The molecule has 15 rings (SSSR count). The summed E-state index contributed by atoms with van der Waals surface area (Å²) in [6.45, 7) is 20.3. The maximum Gasteiger partial charge on any atom is 0.145 e. The fraction of sp³-hybridized carbons (Fsp3) is 0.169. The van der Waals surface area contributed by atoms with Crippen molar-refractivity contribution in [1.29, 1.82) is 0 Å². The second-order valence-corrected chi connectivity index (χ2v) is 24.6. The first-order chi connectivity index (χ1) is 40.7. The van der Waals surface area contributed by atoms with E-state index in [9.17, 15) is 0 Å². The van der Waals surface area contributed by atoms with Crippen molar-refractivity contribution >= 4 is 100 Å². The van der Waals surface area contributed by atoms with Crippen LogP contribution in [0.3, 0.4) is 0 Å². The van der Waals surface area contributed by atoms with Gasteiger partial charge in [-0.25, -0.2) is 9.97 Å². The summed E-state index contributed by atoms with van der Waals surface area (Å²) in [6.07, 6.45) is 4.79. The maximum atomic E-state index is 7.33. The van der Waals surface area contributed by atoms with Crippen LogP contribution in [0.5, 0.6) is 0 Å². The molecule has 0 spiro atoms. The first kappa shape index (κ1) is 51.2. The lowest BCUT2D eigenvalue weighted by Gasteiger charge is -2.32. The van der Waals surface area contributed by atoms with Gasteiger partial charge in [-0.15, -0.1) is 0 Å². The van der Waals surface area contributed by atoms with Gasteiger partial charge in [0.2, 0.25) is 0 Å². The molecule has 0 fully saturated rings. The lowest BCUT2D eigenvalue weighted by Crippen LogP contribution is -2.21. The van der Waals surface area contributed by atoms with E-state index in [0.29, 0.717) is 5.92 Å². The zero-order valence-electron chi connectivity index (χ0n) is 48.9. The van der Waals surface area contributed by atoms with Crippen LogP contribution in [0.15, 0.2) is 220 Å². The molecule has 0 amide bonds. The van der Waals surface area contributed by atoms with E-state index in [0.717, 1.165) is 151 Å². The minimum Gasteiger partial charge on any atom is -0.455 e. The molecule has 1 aliphatic rings. The van der Waals surface area contributed by atoms with E-state index < -0.39 is 5.41 Å². The molecule has 1 atom stereocenters. The average Bonchev–Trinajstić information content (AvgIpc) is 2.09. The van der Waals surface area contributed by atoms with Crippen LogP contribution in [0.2, 0.25) is 0 Å². The van der Waals surface area contributed by atoms with Gasteiger partial charge in [0, 0.05) is 89.6 Å². The number of benzene rings is 9. The van der Waals surface area contributed by atoms with Crippen LogP contribution in [-0.2, 0) is 10.8 Å². The van der Waals surface area contributed by atoms with E-state index in [1.165, 1.54) is 22.3 Å². The van der Waals surface area contributed by atoms with Crippen molar-refractivity contribution in [3.8, 4) is 33.4 Å². The minimum absolute atomic E-state index is 0.0600. The second-order valence-electron chi connectivity index (χ2n) is 24.6. The summed E-state index contributed by atoms with van der Waals surface area (Å²) >= 11 is 0. The van der Waals surface area contributed by atoms with Gasteiger partial charge in [-0.2, -0.15) is 0 Å². The predicted octanol–water partition coefficient (Wildman–Crippen LogP) is 22.2. The molecule has 5 aromatic heterocycles. The minimum atomic E-state index is -0.482. The number of anilines is 6. The second kappa shape index (κ2) is 19.2. The third kappa shape index (κ3) is 7.92. The van der Waals surface area contributed by atoms with Gasteiger partial charge < -0.3 is 13.3 Å². The van der Waals surface area contributed by atoms with Gasteiger partial charge in [0.15, 0.2) is 0 Å². The van der Waals surface area contributed by atoms with E-state index in [-0.39, 0.29) is 5.41 Å². The predicted molar refractivity (Wildman–Crippen MR) is 349 cm³/mol. The highest BCUT2D eigenvalue weighted by atomic mass is 16.3. The van der Waals surface area contributed by atoms with Crippen LogP contribution in [-0.4, -0.2) is 9.97 Å². The summed E-state index contributed by atoms with van der Waals surface area (Å²) in [4.78, 5) is 15.6. The van der Waals surface area contributed by atoms with Gasteiger partial charge in [-0.05, 0) is 143 Å². The third-order valence-corrected chi connectivity index (χ3v) is 17.9. The Balaban J connectivity index is 0.973. The highest BCUT2D eigenvalue weighted by Gasteiger charge is 2.43. The maximum absolute atomic E-state index is 7.33. The monoisotopic (exact) mass is 1090 g/mol. The number of aromatic nitrogens is 2. The number of hydrogen-bond acceptors (Lipinski definition) is 7. The Morgan fingerprint density at radius 3 is 1.51 bits per heavy atom. The van der Waals surface area contributed by atoms with Gasteiger partial charge in [0.05, 0.1) is 11.1 Å². The number of rotatable bonds is 10. The van der Waals surface area contributed by atoms with Gasteiger partial charge in [0.1, 0.15) is 45.1 Å². The first-order valence-electron chi connectivity index (χ1n) is 29.4. The van der Waals surface area contributed by atoms with E-state index in [4.69, 9.17) is 23.2 Å². The van der Waals surface area contributed by atoms with Crippen molar-refractivity contribution in [2.75, 3.05) is 9.80 Å². The molecule has 0 N–H and O–H groups in total. The molecule has 84 heavy (non-hydrogen) atoms. The quantitative estimate of drug-likeness (QED) is 0.135. The molecule has 0 bridgehead atoms. The van der Waals surface area contributed by atoms with Crippen LogP contribution in [0.1, 0.15) is 94.2 Å². The average molecular weight is 1090 g/mol. The zero-order valence-corrected chi connectivity index (χ0v) is 48.9. The van der Waals surface area contributed by atoms with E-state index in [1.54, 1.807) is 0 Å². The Morgan fingerprint density at radius 1 is 0.464 bits per heavy atom. The number of pyridine rings is 2. The Hall–Kier alpha value is -9.72. The summed E-state index contributed by atoms with van der Waals surface area (Å²) in [5, 5.41) is 6.38. The molecule has 7 heteroatoms. The summed E-state index contributed by atoms with van der Waals surface area (Å²) in [7, 11) is 0. The molecule has 5 heterocycles. The number of aryl methyl sites for hydroxylation is 2. The van der Waals surface area contributed by atoms with Gasteiger partial charge in [0.25, 0.3) is 0 Å². The van der Waals surface area contributed by atoms with Crippen molar-refractivity contribution in [3.63, 3.8) is 0 Å². The fourth-order valence-corrected chi connectivity index (χ4v) is 13.3. The molecule has 7 nitrogen and oxygen atoms in total. The number of hydrogen-bond donors (Lipinski definition) is 0. The normalized spacial score (nSPS) is 14.2. The molecule has 9 aromatic carbocycles. The van der Waals surface area contributed by atoms with Crippen LogP contribution < -0.4 is 9.80 Å². The Labute approximate surface area is 489 Å². The van der Waals surface area contributed by atoms with Crippen LogP contribution in [0.25, 0.3) is 99.2 Å². The summed E-state index contributed by atoms with van der Waals surface area (Å²) in [5.74, 6) is 1.97. The number of fused-ring (bicyclic) bond motifs is 13. The van der Waals surface area contributed by atoms with Gasteiger partial charge in [-0.3, -0.25) is 9.80 Å². The van der Waals surface area contributed by atoms with E-state index in [2.05, 4.69) is 254 Å². The SMILES string of the molecule is CCC1(C)c2cc(N(c3ccc(C(C)C)cc3)c3ncc(C)cc3-c3cccc4c3oc3ccccc34)ccc2-c2c1cc(N(c1ccc(C(C)(C)C)cc1)c1ncc(C)cc1-c1cccc3c1oc1ccccc13)c1c2oc2ccccc21. The van der Waals surface area contributed by atoms with E-state index in [1.807, 2.05) is 24.5 Å². The fourth-order valence-electron chi connectivity index (χ4n) is 13.3. The smallest absolute Gasteiger partial charge is 0.145 e. The van der Waals surface area contributed by atoms with E-state index >= 15 is 0 Å². The highest BCUT2D eigenvalue weighted by molar-refractivity contribution is 6.20. The third-order valence-electron chi connectivity index (χ3n) is 17.9. The summed E-state index contributed by atoms with van der Waals surface area (Å²) < 4.78 is 20.9. The largest absolute Gasteiger partial charge is 0.455 e. The molecular formula is C77H64N4O3. The van der Waals surface area contributed by atoms with Crippen molar-refractivity contribution in [1.82, 2.24) is 9.97 Å². The van der Waals surface area contributed by atoms with Crippen molar-refractivity contribution in [2.45, 2.75) is 85.5 Å². The van der Waals surface area contributed by atoms with Crippen molar-refractivity contribution < 1.29 is 13.3 Å². The molecule has 0 aliphatic heterocycles. The molecule has 0 saturated carbocycles. The number of para-hydroxylation sites is 5. The van der Waals surface area contributed by atoms with Crippen LogP contribution in [0, 0.1) is 13.8 Å². The van der Waals surface area contributed by atoms with Crippen LogP contribution in [0.4, 0.5) is 34.4 Å². The Bertz CT molecular complexity index is 4960. The highest BCUT2D eigenvalue weighted by Crippen LogP contribution is 2.59. The number of nitrogens with zero attached hydrogens (tertiary/aromatic N) is 4. The summed E-state index contributed by atoms with van der Waals surface area (Å²) in [5.41, 5.74) is 21.7.